The number of rotatable bonds is 6. The number of H-pyrrole nitrogens is 1. The van der Waals surface area contributed by atoms with Gasteiger partial charge in [0.1, 0.15) is 0 Å². The highest BCUT2D eigenvalue weighted by Crippen LogP contribution is 2.20. The molecule has 2 aromatic rings. The molecular weight excluding hydrogens is 284 g/mol. The maximum absolute atomic E-state index is 4.08. The third-order valence-electron chi connectivity index (χ3n) is 5.00. The number of aryl methyl sites for hydroxylation is 1. The van der Waals surface area contributed by atoms with Crippen molar-refractivity contribution < 1.29 is 0 Å². The molecule has 4 heteroatoms. The zero-order chi connectivity index (χ0) is 16.1. The van der Waals surface area contributed by atoms with Crippen molar-refractivity contribution in [3.8, 4) is 0 Å². The van der Waals surface area contributed by atoms with Crippen LogP contribution < -0.4 is 5.32 Å². The summed E-state index contributed by atoms with van der Waals surface area (Å²) in [5.74, 6) is 0. The zero-order valence-corrected chi connectivity index (χ0v) is 14.3. The molecule has 1 aliphatic heterocycles. The Kier molecular flexibility index (Phi) is 5.47. The van der Waals surface area contributed by atoms with Crippen molar-refractivity contribution in [2.75, 3.05) is 6.54 Å². The molecule has 1 aliphatic rings. The second-order valence-corrected chi connectivity index (χ2v) is 6.71. The van der Waals surface area contributed by atoms with E-state index in [1.165, 1.54) is 42.5 Å². The molecule has 2 N–H and O–H groups in total. The summed E-state index contributed by atoms with van der Waals surface area (Å²) in [6.07, 6.45) is 5.96. The molecule has 1 aromatic carbocycles. The van der Waals surface area contributed by atoms with Crippen LogP contribution in [0, 0.1) is 6.92 Å². The molecule has 0 bridgehead atoms. The fraction of sp³-hybridized carbons (Fsp3) is 0.526. The molecule has 3 rings (SSSR count). The van der Waals surface area contributed by atoms with Crippen molar-refractivity contribution in [2.24, 2.45) is 0 Å². The molecule has 0 radical (unpaired) electrons. The van der Waals surface area contributed by atoms with Crippen LogP contribution in [0.25, 0.3) is 0 Å². The summed E-state index contributed by atoms with van der Waals surface area (Å²) in [6, 6.07) is 9.54. The van der Waals surface area contributed by atoms with Gasteiger partial charge < -0.3 is 5.32 Å². The largest absolute Gasteiger partial charge is 0.308 e. The Bertz CT molecular complexity index is 619. The van der Waals surface area contributed by atoms with Crippen molar-refractivity contribution in [3.63, 3.8) is 0 Å². The van der Waals surface area contributed by atoms with Gasteiger partial charge in [-0.2, -0.15) is 5.10 Å². The van der Waals surface area contributed by atoms with Crippen LogP contribution in [-0.2, 0) is 19.6 Å². The van der Waals surface area contributed by atoms with Gasteiger partial charge in [0, 0.05) is 36.9 Å². The lowest BCUT2D eigenvalue weighted by molar-refractivity contribution is 0.152. The Morgan fingerprint density at radius 2 is 1.96 bits per heavy atom. The molecule has 0 aliphatic carbocycles. The topological polar surface area (TPSA) is 44.0 Å². The average molecular weight is 312 g/mol. The minimum Gasteiger partial charge on any atom is -0.308 e. The van der Waals surface area contributed by atoms with E-state index < -0.39 is 0 Å². The first-order valence-corrected chi connectivity index (χ1v) is 8.74. The number of hydrogen-bond donors (Lipinski definition) is 2. The SMILES string of the molecule is Cc1[nH]ncc1CNCc1ccccc1CN1CCCCC1C. The molecule has 1 unspecified atom stereocenters. The maximum Gasteiger partial charge on any atom is 0.0535 e. The van der Waals surface area contributed by atoms with Gasteiger partial charge in [0.2, 0.25) is 0 Å². The van der Waals surface area contributed by atoms with Crippen LogP contribution in [0.5, 0.6) is 0 Å². The summed E-state index contributed by atoms with van der Waals surface area (Å²) >= 11 is 0. The lowest BCUT2D eigenvalue weighted by Gasteiger charge is -2.33. The summed E-state index contributed by atoms with van der Waals surface area (Å²) < 4.78 is 0. The molecule has 0 saturated carbocycles. The molecule has 1 aromatic heterocycles. The van der Waals surface area contributed by atoms with Crippen LogP contribution in [0.3, 0.4) is 0 Å². The normalized spacial score (nSPS) is 19.1. The van der Waals surface area contributed by atoms with E-state index >= 15 is 0 Å². The Labute approximate surface area is 139 Å². The van der Waals surface area contributed by atoms with Gasteiger partial charge in [0.25, 0.3) is 0 Å². The lowest BCUT2D eigenvalue weighted by atomic mass is 10.0. The number of likely N-dealkylation sites (tertiary alicyclic amines) is 1. The quantitative estimate of drug-likeness (QED) is 0.859. The summed E-state index contributed by atoms with van der Waals surface area (Å²) in [7, 11) is 0. The Balaban J connectivity index is 1.60. The summed E-state index contributed by atoms with van der Waals surface area (Å²) in [4.78, 5) is 2.63. The second-order valence-electron chi connectivity index (χ2n) is 6.71. The summed E-state index contributed by atoms with van der Waals surface area (Å²) in [6.45, 7) is 8.50. The van der Waals surface area contributed by atoms with E-state index in [1.54, 1.807) is 0 Å². The first-order chi connectivity index (χ1) is 11.2. The summed E-state index contributed by atoms with van der Waals surface area (Å²) in [5.41, 5.74) is 5.25. The van der Waals surface area contributed by atoms with Gasteiger partial charge in [0.05, 0.1) is 6.20 Å². The molecule has 4 nitrogen and oxygen atoms in total. The first-order valence-electron chi connectivity index (χ1n) is 8.74. The lowest BCUT2D eigenvalue weighted by Crippen LogP contribution is -2.37. The van der Waals surface area contributed by atoms with E-state index in [2.05, 4.69) is 58.5 Å². The predicted molar refractivity (Wildman–Crippen MR) is 94.0 cm³/mol. The van der Waals surface area contributed by atoms with Crippen LogP contribution in [0.1, 0.15) is 48.6 Å². The molecule has 0 spiro atoms. The van der Waals surface area contributed by atoms with Gasteiger partial charge >= 0.3 is 0 Å². The third kappa shape index (κ3) is 4.21. The first kappa shape index (κ1) is 16.2. The zero-order valence-electron chi connectivity index (χ0n) is 14.3. The van der Waals surface area contributed by atoms with Crippen LogP contribution in [0.2, 0.25) is 0 Å². The molecule has 0 amide bonds. The van der Waals surface area contributed by atoms with Gasteiger partial charge in [-0.3, -0.25) is 10.00 Å². The van der Waals surface area contributed by atoms with Crippen LogP contribution >= 0.6 is 0 Å². The smallest absolute Gasteiger partial charge is 0.0535 e. The molecule has 2 heterocycles. The van der Waals surface area contributed by atoms with Crippen molar-refractivity contribution in [1.82, 2.24) is 20.4 Å². The monoisotopic (exact) mass is 312 g/mol. The maximum atomic E-state index is 4.08. The predicted octanol–water partition coefficient (Wildman–Crippen LogP) is 3.38. The van der Waals surface area contributed by atoms with Crippen LogP contribution in [-0.4, -0.2) is 27.7 Å². The molecule has 1 fully saturated rings. The molecule has 1 atom stereocenters. The number of piperidine rings is 1. The highest BCUT2D eigenvalue weighted by molar-refractivity contribution is 5.27. The van der Waals surface area contributed by atoms with Gasteiger partial charge in [-0.05, 0) is 44.4 Å². The van der Waals surface area contributed by atoms with Gasteiger partial charge in [-0.25, -0.2) is 0 Å². The van der Waals surface area contributed by atoms with Crippen molar-refractivity contribution in [3.05, 3.63) is 52.8 Å². The Morgan fingerprint density at radius 3 is 2.70 bits per heavy atom. The fourth-order valence-electron chi connectivity index (χ4n) is 3.38. The van der Waals surface area contributed by atoms with E-state index in [4.69, 9.17) is 0 Å². The number of nitrogens with zero attached hydrogens (tertiary/aromatic N) is 2. The average Bonchev–Trinajstić information content (AvgIpc) is 2.96. The molecule has 23 heavy (non-hydrogen) atoms. The highest BCUT2D eigenvalue weighted by Gasteiger charge is 2.18. The molecule has 124 valence electrons. The molecule has 1 saturated heterocycles. The van der Waals surface area contributed by atoms with Gasteiger partial charge in [-0.1, -0.05) is 30.7 Å². The van der Waals surface area contributed by atoms with E-state index in [9.17, 15) is 0 Å². The van der Waals surface area contributed by atoms with Crippen molar-refractivity contribution in [2.45, 2.75) is 58.8 Å². The fourth-order valence-corrected chi connectivity index (χ4v) is 3.38. The molecular formula is C19H28N4. The van der Waals surface area contributed by atoms with Gasteiger partial charge in [-0.15, -0.1) is 0 Å². The van der Waals surface area contributed by atoms with E-state index in [0.717, 1.165) is 25.3 Å². The van der Waals surface area contributed by atoms with E-state index in [0.29, 0.717) is 6.04 Å². The minimum atomic E-state index is 0.707. The number of nitrogens with one attached hydrogen (secondary N) is 2. The van der Waals surface area contributed by atoms with Crippen LogP contribution in [0.4, 0.5) is 0 Å². The van der Waals surface area contributed by atoms with Crippen molar-refractivity contribution in [1.29, 1.82) is 0 Å². The third-order valence-corrected chi connectivity index (χ3v) is 5.00. The number of aromatic amines is 1. The number of hydrogen-bond acceptors (Lipinski definition) is 3. The Morgan fingerprint density at radius 1 is 1.17 bits per heavy atom. The highest BCUT2D eigenvalue weighted by atomic mass is 15.2. The standard InChI is InChI=1S/C19H28N4/c1-15-7-5-6-10-23(15)14-18-9-4-3-8-17(18)11-20-12-19-13-21-22-16(19)2/h3-4,8-9,13,15,20H,5-7,10-12,14H2,1-2H3,(H,21,22). The van der Waals surface area contributed by atoms with Crippen molar-refractivity contribution >= 4 is 0 Å². The van der Waals surface area contributed by atoms with E-state index in [-0.39, 0.29) is 0 Å². The second kappa shape index (κ2) is 7.75. The van der Waals surface area contributed by atoms with Gasteiger partial charge in [0.15, 0.2) is 0 Å². The number of aromatic nitrogens is 2. The Hall–Kier alpha value is -1.65. The van der Waals surface area contributed by atoms with E-state index in [1.807, 2.05) is 6.20 Å². The number of benzene rings is 1. The minimum absolute atomic E-state index is 0.707. The summed E-state index contributed by atoms with van der Waals surface area (Å²) in [5, 5.41) is 10.6. The van der Waals surface area contributed by atoms with Crippen LogP contribution in [0.15, 0.2) is 30.5 Å².